The van der Waals surface area contributed by atoms with Crippen LogP contribution >= 0.6 is 0 Å². The van der Waals surface area contributed by atoms with E-state index in [-0.39, 0.29) is 24.1 Å². The van der Waals surface area contributed by atoms with E-state index in [0.717, 1.165) is 45.4 Å². The molecule has 0 aromatic heterocycles. The van der Waals surface area contributed by atoms with Crippen LogP contribution in [0.2, 0.25) is 0 Å². The fourth-order valence-corrected chi connectivity index (χ4v) is 2.70. The zero-order valence-electron chi connectivity index (χ0n) is 11.8. The number of piperidine rings is 1. The first-order valence-electron chi connectivity index (χ1n) is 7.30. The minimum atomic E-state index is -0.300. The van der Waals surface area contributed by atoms with Crippen molar-refractivity contribution in [3.05, 3.63) is 0 Å². The number of nitrogens with one attached hydrogen (secondary N) is 2. The van der Waals surface area contributed by atoms with Crippen molar-refractivity contribution < 1.29 is 14.3 Å². The summed E-state index contributed by atoms with van der Waals surface area (Å²) in [6.07, 6.45) is 3.96. The molecule has 1 unspecified atom stereocenters. The number of urea groups is 1. The van der Waals surface area contributed by atoms with E-state index < -0.39 is 0 Å². The van der Waals surface area contributed by atoms with Crippen LogP contribution in [0, 0.1) is 0 Å². The zero-order chi connectivity index (χ0) is 14.4. The smallest absolute Gasteiger partial charge is 0.315 e. The van der Waals surface area contributed by atoms with Gasteiger partial charge < -0.3 is 21.1 Å². The standard InChI is InChI=1S/C13H24N4O3/c14-12(18)9-17-5-3-10(4-6-17)16-13(19)15-8-11-2-1-7-20-11/h10-11H,1-9H2,(H2,14,18)(H2,15,16,19). The molecule has 0 saturated carbocycles. The van der Waals surface area contributed by atoms with Gasteiger partial charge in [-0.05, 0) is 25.7 Å². The number of carbonyl (C=O) groups excluding carboxylic acids is 2. The van der Waals surface area contributed by atoms with Crippen LogP contribution in [-0.2, 0) is 9.53 Å². The molecular weight excluding hydrogens is 260 g/mol. The Labute approximate surface area is 119 Å². The summed E-state index contributed by atoms with van der Waals surface area (Å²) in [6.45, 7) is 3.26. The SMILES string of the molecule is NC(=O)CN1CCC(NC(=O)NCC2CCCO2)CC1. The van der Waals surface area contributed by atoms with Crippen molar-refractivity contribution in [3.8, 4) is 0 Å². The number of rotatable bonds is 5. The Morgan fingerprint density at radius 3 is 2.60 bits per heavy atom. The van der Waals surface area contributed by atoms with Crippen molar-refractivity contribution in [2.45, 2.75) is 37.8 Å². The summed E-state index contributed by atoms with van der Waals surface area (Å²) in [5, 5.41) is 5.82. The van der Waals surface area contributed by atoms with Gasteiger partial charge in [-0.1, -0.05) is 0 Å². The van der Waals surface area contributed by atoms with Crippen LogP contribution < -0.4 is 16.4 Å². The Kier molecular flexibility index (Phi) is 5.60. The minimum Gasteiger partial charge on any atom is -0.376 e. The number of hydrogen-bond donors (Lipinski definition) is 3. The topological polar surface area (TPSA) is 96.7 Å². The van der Waals surface area contributed by atoms with Gasteiger partial charge in [0.2, 0.25) is 5.91 Å². The Morgan fingerprint density at radius 2 is 2.00 bits per heavy atom. The van der Waals surface area contributed by atoms with E-state index in [1.54, 1.807) is 0 Å². The molecular formula is C13H24N4O3. The maximum Gasteiger partial charge on any atom is 0.315 e. The maximum atomic E-state index is 11.8. The summed E-state index contributed by atoms with van der Waals surface area (Å²) in [7, 11) is 0. The normalized spacial score (nSPS) is 24.5. The number of likely N-dealkylation sites (tertiary alicyclic amines) is 1. The van der Waals surface area contributed by atoms with Gasteiger partial charge in [0.25, 0.3) is 0 Å². The van der Waals surface area contributed by atoms with Gasteiger partial charge in [-0.3, -0.25) is 9.69 Å². The average Bonchev–Trinajstić information content (AvgIpc) is 2.91. The van der Waals surface area contributed by atoms with Gasteiger partial charge in [0.15, 0.2) is 0 Å². The molecule has 0 spiro atoms. The molecule has 3 amide bonds. The fraction of sp³-hybridized carbons (Fsp3) is 0.846. The Balaban J connectivity index is 1.59. The predicted molar refractivity (Wildman–Crippen MR) is 74.2 cm³/mol. The lowest BCUT2D eigenvalue weighted by molar-refractivity contribution is -0.119. The van der Waals surface area contributed by atoms with Gasteiger partial charge in [0.05, 0.1) is 12.6 Å². The highest BCUT2D eigenvalue weighted by Crippen LogP contribution is 2.11. The minimum absolute atomic E-state index is 0.131. The van der Waals surface area contributed by atoms with Crippen LogP contribution in [0.25, 0.3) is 0 Å². The third-order valence-corrected chi connectivity index (χ3v) is 3.82. The molecule has 0 aromatic rings. The molecule has 114 valence electrons. The average molecular weight is 284 g/mol. The highest BCUT2D eigenvalue weighted by molar-refractivity contribution is 5.76. The van der Waals surface area contributed by atoms with Crippen LogP contribution in [0.4, 0.5) is 4.79 Å². The Hall–Kier alpha value is -1.34. The molecule has 2 fully saturated rings. The van der Waals surface area contributed by atoms with Gasteiger partial charge in [-0.15, -0.1) is 0 Å². The fourth-order valence-electron chi connectivity index (χ4n) is 2.70. The first kappa shape index (κ1) is 15.1. The number of nitrogens with zero attached hydrogens (tertiary/aromatic N) is 1. The molecule has 0 aromatic carbocycles. The van der Waals surface area contributed by atoms with E-state index in [4.69, 9.17) is 10.5 Å². The summed E-state index contributed by atoms with van der Waals surface area (Å²) in [6, 6.07) is 0.0393. The highest BCUT2D eigenvalue weighted by atomic mass is 16.5. The summed E-state index contributed by atoms with van der Waals surface area (Å²) in [4.78, 5) is 24.6. The van der Waals surface area contributed by atoms with Gasteiger partial charge in [-0.25, -0.2) is 4.79 Å². The molecule has 0 radical (unpaired) electrons. The zero-order valence-corrected chi connectivity index (χ0v) is 11.8. The summed E-state index contributed by atoms with van der Waals surface area (Å²) >= 11 is 0. The second kappa shape index (κ2) is 7.44. The van der Waals surface area contributed by atoms with Crippen LogP contribution in [0.15, 0.2) is 0 Å². The van der Waals surface area contributed by atoms with E-state index in [9.17, 15) is 9.59 Å². The number of carbonyl (C=O) groups is 2. The van der Waals surface area contributed by atoms with Gasteiger partial charge in [-0.2, -0.15) is 0 Å². The first-order chi connectivity index (χ1) is 9.63. The van der Waals surface area contributed by atoms with Crippen molar-refractivity contribution in [2.24, 2.45) is 5.73 Å². The predicted octanol–water partition coefficient (Wildman–Crippen LogP) is -0.586. The lowest BCUT2D eigenvalue weighted by Crippen LogP contribution is -2.50. The van der Waals surface area contributed by atoms with Crippen molar-refractivity contribution in [2.75, 3.05) is 32.8 Å². The Morgan fingerprint density at radius 1 is 1.25 bits per heavy atom. The van der Waals surface area contributed by atoms with Crippen molar-refractivity contribution in [3.63, 3.8) is 0 Å². The first-order valence-corrected chi connectivity index (χ1v) is 7.30. The second-order valence-corrected chi connectivity index (χ2v) is 5.51. The van der Waals surface area contributed by atoms with Crippen molar-refractivity contribution >= 4 is 11.9 Å². The molecule has 20 heavy (non-hydrogen) atoms. The highest BCUT2D eigenvalue weighted by Gasteiger charge is 2.22. The molecule has 2 saturated heterocycles. The van der Waals surface area contributed by atoms with Gasteiger partial charge in [0.1, 0.15) is 0 Å². The molecule has 1 atom stereocenters. The molecule has 0 aliphatic carbocycles. The number of amides is 3. The van der Waals surface area contributed by atoms with E-state index in [2.05, 4.69) is 10.6 Å². The van der Waals surface area contributed by atoms with Crippen LogP contribution in [0.3, 0.4) is 0 Å². The molecule has 7 nitrogen and oxygen atoms in total. The Bertz CT molecular complexity index is 337. The molecule has 2 heterocycles. The van der Waals surface area contributed by atoms with Crippen LogP contribution in [0.5, 0.6) is 0 Å². The van der Waals surface area contributed by atoms with E-state index in [1.807, 2.05) is 4.90 Å². The molecule has 4 N–H and O–H groups in total. The molecule has 0 bridgehead atoms. The van der Waals surface area contributed by atoms with Crippen molar-refractivity contribution in [1.29, 1.82) is 0 Å². The summed E-state index contributed by atoms with van der Waals surface area (Å²) in [5.41, 5.74) is 5.17. The molecule has 2 aliphatic rings. The number of ether oxygens (including phenoxy) is 1. The number of primary amides is 1. The third-order valence-electron chi connectivity index (χ3n) is 3.82. The summed E-state index contributed by atoms with van der Waals surface area (Å²) < 4.78 is 5.45. The number of nitrogens with two attached hydrogens (primary N) is 1. The summed E-state index contributed by atoms with van der Waals surface area (Å²) in [5.74, 6) is -0.300. The molecule has 2 aliphatic heterocycles. The van der Waals surface area contributed by atoms with E-state index >= 15 is 0 Å². The van der Waals surface area contributed by atoms with Crippen LogP contribution in [-0.4, -0.2) is 61.8 Å². The van der Waals surface area contributed by atoms with Gasteiger partial charge in [0, 0.05) is 32.3 Å². The maximum absolute atomic E-state index is 11.8. The van der Waals surface area contributed by atoms with Crippen LogP contribution in [0.1, 0.15) is 25.7 Å². The third kappa shape index (κ3) is 4.97. The van der Waals surface area contributed by atoms with E-state index in [0.29, 0.717) is 13.1 Å². The number of hydrogen-bond acceptors (Lipinski definition) is 4. The lowest BCUT2D eigenvalue weighted by Gasteiger charge is -2.31. The largest absolute Gasteiger partial charge is 0.376 e. The van der Waals surface area contributed by atoms with Crippen molar-refractivity contribution in [1.82, 2.24) is 15.5 Å². The lowest BCUT2D eigenvalue weighted by atomic mass is 10.1. The second-order valence-electron chi connectivity index (χ2n) is 5.51. The monoisotopic (exact) mass is 284 g/mol. The molecule has 7 heteroatoms. The van der Waals surface area contributed by atoms with E-state index in [1.165, 1.54) is 0 Å². The molecule has 2 rings (SSSR count). The van der Waals surface area contributed by atoms with Gasteiger partial charge >= 0.3 is 6.03 Å². The quantitative estimate of drug-likeness (QED) is 0.629.